The van der Waals surface area contributed by atoms with Gasteiger partial charge in [0, 0.05) is 25.6 Å². The van der Waals surface area contributed by atoms with Crippen molar-refractivity contribution in [3.05, 3.63) is 35.3 Å². The molecule has 98 valence electrons. The van der Waals surface area contributed by atoms with E-state index in [-0.39, 0.29) is 6.04 Å². The molecule has 3 aromatic rings. The Labute approximate surface area is 117 Å². The maximum absolute atomic E-state index is 4.42. The SMILES string of the molecule is CC(Nc1nc(Br)cn2ccnc12)c1nncn1C. The molecule has 1 N–H and O–H groups in total. The highest BCUT2D eigenvalue weighted by Crippen LogP contribution is 2.21. The highest BCUT2D eigenvalue weighted by Gasteiger charge is 2.14. The summed E-state index contributed by atoms with van der Waals surface area (Å²) in [6, 6.07) is -0.0187. The number of halogens is 1. The number of hydrogen-bond acceptors (Lipinski definition) is 5. The van der Waals surface area contributed by atoms with Gasteiger partial charge in [-0.1, -0.05) is 0 Å². The van der Waals surface area contributed by atoms with Gasteiger partial charge in [0.15, 0.2) is 17.3 Å². The summed E-state index contributed by atoms with van der Waals surface area (Å²) < 4.78 is 4.52. The normalized spacial score (nSPS) is 12.8. The summed E-state index contributed by atoms with van der Waals surface area (Å²) >= 11 is 3.39. The zero-order valence-corrected chi connectivity index (χ0v) is 12.0. The summed E-state index contributed by atoms with van der Waals surface area (Å²) in [5.74, 6) is 1.54. The molecule has 0 aliphatic heterocycles. The van der Waals surface area contributed by atoms with Gasteiger partial charge in [-0.25, -0.2) is 9.97 Å². The predicted molar refractivity (Wildman–Crippen MR) is 73.7 cm³/mol. The molecular weight excluding hydrogens is 310 g/mol. The van der Waals surface area contributed by atoms with Gasteiger partial charge in [-0.05, 0) is 22.9 Å². The van der Waals surface area contributed by atoms with Crippen LogP contribution in [0, 0.1) is 0 Å². The maximum Gasteiger partial charge on any atom is 0.180 e. The number of nitrogens with one attached hydrogen (secondary N) is 1. The van der Waals surface area contributed by atoms with Crippen molar-refractivity contribution < 1.29 is 0 Å². The molecule has 0 bridgehead atoms. The zero-order valence-electron chi connectivity index (χ0n) is 10.4. The zero-order chi connectivity index (χ0) is 13.4. The highest BCUT2D eigenvalue weighted by atomic mass is 79.9. The third-order valence-corrected chi connectivity index (χ3v) is 3.21. The van der Waals surface area contributed by atoms with Gasteiger partial charge in [0.05, 0.1) is 6.04 Å². The van der Waals surface area contributed by atoms with Gasteiger partial charge >= 0.3 is 0 Å². The lowest BCUT2D eigenvalue weighted by Crippen LogP contribution is -2.13. The van der Waals surface area contributed by atoms with Crippen molar-refractivity contribution in [1.82, 2.24) is 29.1 Å². The van der Waals surface area contributed by atoms with Crippen molar-refractivity contribution >= 4 is 27.4 Å². The summed E-state index contributed by atoms with van der Waals surface area (Å²) in [4.78, 5) is 8.71. The molecule has 1 unspecified atom stereocenters. The first kappa shape index (κ1) is 12.1. The van der Waals surface area contributed by atoms with Crippen LogP contribution in [-0.2, 0) is 7.05 Å². The third-order valence-electron chi connectivity index (χ3n) is 2.83. The molecule has 3 heterocycles. The van der Waals surface area contributed by atoms with E-state index in [9.17, 15) is 0 Å². The van der Waals surface area contributed by atoms with Crippen molar-refractivity contribution in [2.24, 2.45) is 7.05 Å². The maximum atomic E-state index is 4.42. The van der Waals surface area contributed by atoms with Crippen molar-refractivity contribution in [3.8, 4) is 0 Å². The van der Waals surface area contributed by atoms with Crippen LogP contribution >= 0.6 is 15.9 Å². The van der Waals surface area contributed by atoms with E-state index in [2.05, 4.69) is 41.4 Å². The first-order valence-electron chi connectivity index (χ1n) is 5.75. The van der Waals surface area contributed by atoms with E-state index in [1.165, 1.54) is 0 Å². The second kappa shape index (κ2) is 4.61. The molecule has 3 rings (SSSR count). The van der Waals surface area contributed by atoms with E-state index in [1.54, 1.807) is 12.5 Å². The number of nitrogens with zero attached hydrogens (tertiary/aromatic N) is 6. The number of fused-ring (bicyclic) bond motifs is 1. The van der Waals surface area contributed by atoms with Crippen molar-refractivity contribution in [3.63, 3.8) is 0 Å². The average molecular weight is 322 g/mol. The van der Waals surface area contributed by atoms with Gasteiger partial charge in [-0.3, -0.25) is 0 Å². The van der Waals surface area contributed by atoms with E-state index in [1.807, 2.05) is 35.3 Å². The predicted octanol–water partition coefficient (Wildman–Crippen LogP) is 1.79. The van der Waals surface area contributed by atoms with Gasteiger partial charge in [-0.2, -0.15) is 0 Å². The second-order valence-electron chi connectivity index (χ2n) is 4.24. The molecule has 0 radical (unpaired) electrons. The largest absolute Gasteiger partial charge is 0.357 e. The molecule has 7 nitrogen and oxygen atoms in total. The summed E-state index contributed by atoms with van der Waals surface area (Å²) in [5, 5.41) is 11.3. The Balaban J connectivity index is 1.97. The number of aromatic nitrogens is 6. The van der Waals surface area contributed by atoms with Crippen molar-refractivity contribution in [2.45, 2.75) is 13.0 Å². The van der Waals surface area contributed by atoms with Crippen LogP contribution in [0.3, 0.4) is 0 Å². The lowest BCUT2D eigenvalue weighted by Gasteiger charge is -2.14. The molecular formula is C11H12BrN7. The smallest absolute Gasteiger partial charge is 0.180 e. The highest BCUT2D eigenvalue weighted by molar-refractivity contribution is 9.10. The van der Waals surface area contributed by atoms with Crippen molar-refractivity contribution in [1.29, 1.82) is 0 Å². The molecule has 0 amide bonds. The minimum Gasteiger partial charge on any atom is -0.357 e. The van der Waals surface area contributed by atoms with Crippen LogP contribution in [0.1, 0.15) is 18.8 Å². The minimum atomic E-state index is -0.0187. The molecule has 0 fully saturated rings. The topological polar surface area (TPSA) is 72.9 Å². The fourth-order valence-electron chi connectivity index (χ4n) is 1.95. The minimum absolute atomic E-state index is 0.0187. The first-order chi connectivity index (χ1) is 9.15. The molecule has 0 spiro atoms. The molecule has 3 aromatic heterocycles. The van der Waals surface area contributed by atoms with Crippen LogP contribution in [0.2, 0.25) is 0 Å². The Kier molecular flexibility index (Phi) is 2.94. The van der Waals surface area contributed by atoms with E-state index in [0.29, 0.717) is 5.82 Å². The molecule has 0 saturated heterocycles. The molecule has 0 saturated carbocycles. The number of rotatable bonds is 3. The molecule has 8 heteroatoms. The Morgan fingerprint density at radius 2 is 2.26 bits per heavy atom. The number of anilines is 1. The molecule has 0 aromatic carbocycles. The van der Waals surface area contributed by atoms with Crippen LogP contribution in [0.25, 0.3) is 5.65 Å². The number of imidazole rings is 1. The third kappa shape index (κ3) is 2.19. The van der Waals surface area contributed by atoms with E-state index >= 15 is 0 Å². The fraction of sp³-hybridized carbons (Fsp3) is 0.273. The van der Waals surface area contributed by atoms with Gasteiger partial charge in [-0.15, -0.1) is 10.2 Å². The Bertz CT molecular complexity index is 717. The number of hydrogen-bond donors (Lipinski definition) is 1. The van der Waals surface area contributed by atoms with Gasteiger partial charge < -0.3 is 14.3 Å². The van der Waals surface area contributed by atoms with E-state index < -0.39 is 0 Å². The second-order valence-corrected chi connectivity index (χ2v) is 5.05. The first-order valence-corrected chi connectivity index (χ1v) is 6.54. The molecule has 1 atom stereocenters. The van der Waals surface area contributed by atoms with E-state index in [4.69, 9.17) is 0 Å². The fourth-order valence-corrected chi connectivity index (χ4v) is 2.35. The Morgan fingerprint density at radius 1 is 1.42 bits per heavy atom. The van der Waals surface area contributed by atoms with Crippen LogP contribution in [0.4, 0.5) is 5.82 Å². The monoisotopic (exact) mass is 321 g/mol. The van der Waals surface area contributed by atoms with Crippen LogP contribution in [0.15, 0.2) is 29.5 Å². The van der Waals surface area contributed by atoms with Crippen LogP contribution in [-0.4, -0.2) is 29.1 Å². The Hall–Kier alpha value is -1.96. The van der Waals surface area contributed by atoms with Crippen LogP contribution in [0.5, 0.6) is 0 Å². The number of aryl methyl sites for hydroxylation is 1. The van der Waals surface area contributed by atoms with E-state index in [0.717, 1.165) is 16.1 Å². The van der Waals surface area contributed by atoms with Crippen LogP contribution < -0.4 is 5.32 Å². The van der Waals surface area contributed by atoms with Gasteiger partial charge in [0.1, 0.15) is 10.9 Å². The standard InChI is InChI=1S/C11H12BrN7/c1-7(10-17-14-6-18(10)2)15-9-11-13-3-4-19(11)5-8(12)16-9/h3-7H,1-2H3,(H,15,16). The molecule has 19 heavy (non-hydrogen) atoms. The van der Waals surface area contributed by atoms with Gasteiger partial charge in [0.2, 0.25) is 0 Å². The Morgan fingerprint density at radius 3 is 3.00 bits per heavy atom. The molecule has 0 aliphatic rings. The quantitative estimate of drug-likeness (QED) is 0.796. The summed E-state index contributed by atoms with van der Waals surface area (Å²) in [6.07, 6.45) is 7.15. The summed E-state index contributed by atoms with van der Waals surface area (Å²) in [7, 11) is 1.91. The summed E-state index contributed by atoms with van der Waals surface area (Å²) in [6.45, 7) is 2.01. The molecule has 0 aliphatic carbocycles. The van der Waals surface area contributed by atoms with Gasteiger partial charge in [0.25, 0.3) is 0 Å². The average Bonchev–Trinajstić information content (AvgIpc) is 2.97. The summed E-state index contributed by atoms with van der Waals surface area (Å²) in [5.41, 5.74) is 0.775. The lowest BCUT2D eigenvalue weighted by atomic mass is 10.3. The van der Waals surface area contributed by atoms with Crippen molar-refractivity contribution in [2.75, 3.05) is 5.32 Å². The lowest BCUT2D eigenvalue weighted by molar-refractivity contribution is 0.716.